The summed E-state index contributed by atoms with van der Waals surface area (Å²) in [5.41, 5.74) is 2.70. The highest BCUT2D eigenvalue weighted by molar-refractivity contribution is 5.90. The number of benzene rings is 1. The van der Waals surface area contributed by atoms with Crippen LogP contribution in [0.1, 0.15) is 5.69 Å². The van der Waals surface area contributed by atoms with Gasteiger partial charge in [0.25, 0.3) is 0 Å². The first-order valence-electron chi connectivity index (χ1n) is 9.32. The van der Waals surface area contributed by atoms with E-state index in [0.717, 1.165) is 16.8 Å². The first-order chi connectivity index (χ1) is 14.5. The summed E-state index contributed by atoms with van der Waals surface area (Å²) in [5.74, 6) is -0.501. The lowest BCUT2D eigenvalue weighted by atomic mass is 10.2. The summed E-state index contributed by atoms with van der Waals surface area (Å²) in [6, 6.07) is 5.64. The fourth-order valence-corrected chi connectivity index (χ4v) is 3.29. The van der Waals surface area contributed by atoms with Gasteiger partial charge in [0.1, 0.15) is 17.7 Å². The van der Waals surface area contributed by atoms with Gasteiger partial charge in [-0.3, -0.25) is 0 Å². The lowest BCUT2D eigenvalue weighted by molar-refractivity contribution is 0.0974. The van der Waals surface area contributed by atoms with Crippen molar-refractivity contribution in [1.82, 2.24) is 29.2 Å². The van der Waals surface area contributed by atoms with Crippen LogP contribution in [-0.2, 0) is 0 Å². The van der Waals surface area contributed by atoms with Gasteiger partial charge in [-0.2, -0.15) is 0 Å². The summed E-state index contributed by atoms with van der Waals surface area (Å²) >= 11 is 0. The molecule has 1 aromatic carbocycles. The van der Waals surface area contributed by atoms with Crippen LogP contribution in [0.5, 0.6) is 0 Å². The summed E-state index contributed by atoms with van der Waals surface area (Å²) in [7, 11) is 0. The third-order valence-corrected chi connectivity index (χ3v) is 4.92. The topological polar surface area (TPSA) is 80.9 Å². The van der Waals surface area contributed by atoms with Gasteiger partial charge in [0, 0.05) is 23.5 Å². The standard InChI is InChI=1S/C20H17F2N7O/c1-12-7-28(11-24-12)16-4-13-8-29(26-19(13)23-6-16)18-5-15(2-3-17(18)22)25-20(30)27-9-14(21)10-27/h2-8,11,14H,9-10H2,1H3,(H,25,30). The van der Waals surface area contributed by atoms with Crippen LogP contribution in [0, 0.1) is 12.7 Å². The summed E-state index contributed by atoms with van der Waals surface area (Å²) in [5, 5.41) is 7.72. The van der Waals surface area contributed by atoms with Gasteiger partial charge < -0.3 is 14.8 Å². The van der Waals surface area contributed by atoms with E-state index in [2.05, 4.69) is 20.4 Å². The number of urea groups is 1. The van der Waals surface area contributed by atoms with E-state index in [1.807, 2.05) is 23.8 Å². The summed E-state index contributed by atoms with van der Waals surface area (Å²) < 4.78 is 30.7. The number of halogens is 2. The maximum Gasteiger partial charge on any atom is 0.322 e. The number of hydrogen-bond donors (Lipinski definition) is 1. The third kappa shape index (κ3) is 3.25. The average Bonchev–Trinajstić information content (AvgIpc) is 3.32. The number of fused-ring (bicyclic) bond motifs is 1. The van der Waals surface area contributed by atoms with Gasteiger partial charge in [-0.1, -0.05) is 0 Å². The molecular weight excluding hydrogens is 392 g/mol. The van der Waals surface area contributed by atoms with E-state index in [-0.39, 0.29) is 18.8 Å². The van der Waals surface area contributed by atoms with Gasteiger partial charge in [0.15, 0.2) is 5.65 Å². The van der Waals surface area contributed by atoms with Crippen LogP contribution in [-0.4, -0.2) is 54.5 Å². The molecule has 10 heteroatoms. The predicted molar refractivity (Wildman–Crippen MR) is 106 cm³/mol. The van der Waals surface area contributed by atoms with Crippen LogP contribution >= 0.6 is 0 Å². The van der Waals surface area contributed by atoms with Crippen molar-refractivity contribution in [3.8, 4) is 11.4 Å². The molecule has 1 saturated heterocycles. The number of hydrogen-bond acceptors (Lipinski definition) is 4. The number of pyridine rings is 1. The van der Waals surface area contributed by atoms with Gasteiger partial charge in [0.2, 0.25) is 0 Å². The summed E-state index contributed by atoms with van der Waals surface area (Å²) in [4.78, 5) is 22.0. The molecule has 1 aliphatic rings. The molecule has 0 unspecified atom stereocenters. The minimum absolute atomic E-state index is 0.0644. The first-order valence-corrected chi connectivity index (χ1v) is 9.32. The molecule has 8 nitrogen and oxygen atoms in total. The Morgan fingerprint density at radius 2 is 2.03 bits per heavy atom. The Labute approximate surface area is 169 Å². The molecule has 0 spiro atoms. The SMILES string of the molecule is Cc1cn(-c2cnc3nn(-c4cc(NC(=O)N5CC(F)C5)ccc4F)cc3c2)cn1. The number of alkyl halides is 1. The number of aryl methyl sites for hydroxylation is 1. The van der Waals surface area contributed by atoms with Crippen molar-refractivity contribution in [2.24, 2.45) is 0 Å². The second-order valence-corrected chi connectivity index (χ2v) is 7.20. The molecule has 152 valence electrons. The zero-order valence-electron chi connectivity index (χ0n) is 16.0. The van der Waals surface area contributed by atoms with Crippen LogP contribution in [0.2, 0.25) is 0 Å². The molecular formula is C20H17F2N7O. The van der Waals surface area contributed by atoms with E-state index >= 15 is 0 Å². The third-order valence-electron chi connectivity index (χ3n) is 4.92. The van der Waals surface area contributed by atoms with Crippen molar-refractivity contribution < 1.29 is 13.6 Å². The molecule has 30 heavy (non-hydrogen) atoms. The lowest BCUT2D eigenvalue weighted by Gasteiger charge is -2.34. The van der Waals surface area contributed by atoms with E-state index < -0.39 is 18.0 Å². The van der Waals surface area contributed by atoms with E-state index in [4.69, 9.17) is 0 Å². The molecule has 0 radical (unpaired) electrons. The van der Waals surface area contributed by atoms with Gasteiger partial charge in [-0.15, -0.1) is 5.10 Å². The fraction of sp³-hybridized carbons (Fsp3) is 0.200. The number of anilines is 1. The normalized spacial score (nSPS) is 14.2. The smallest absolute Gasteiger partial charge is 0.319 e. The number of carbonyl (C=O) groups excluding carboxylic acids is 1. The number of nitrogens with zero attached hydrogens (tertiary/aromatic N) is 6. The van der Waals surface area contributed by atoms with Crippen molar-refractivity contribution in [3.63, 3.8) is 0 Å². The highest BCUT2D eigenvalue weighted by Gasteiger charge is 2.30. The van der Waals surface area contributed by atoms with Crippen LogP contribution in [0.3, 0.4) is 0 Å². The number of imidazole rings is 1. The number of amides is 2. The Morgan fingerprint density at radius 3 is 2.77 bits per heavy atom. The van der Waals surface area contributed by atoms with Gasteiger partial charge in [-0.25, -0.2) is 28.2 Å². The van der Waals surface area contributed by atoms with Crippen molar-refractivity contribution in [1.29, 1.82) is 0 Å². The number of aromatic nitrogens is 5. The first kappa shape index (κ1) is 18.2. The molecule has 1 fully saturated rings. The fourth-order valence-electron chi connectivity index (χ4n) is 3.29. The molecule has 2 amide bonds. The Bertz CT molecular complexity index is 1260. The zero-order valence-corrected chi connectivity index (χ0v) is 16.0. The van der Waals surface area contributed by atoms with Crippen molar-refractivity contribution >= 4 is 22.8 Å². The zero-order chi connectivity index (χ0) is 20.8. The van der Waals surface area contributed by atoms with E-state index in [1.165, 1.54) is 27.8 Å². The molecule has 0 atom stereocenters. The summed E-state index contributed by atoms with van der Waals surface area (Å²) in [6.45, 7) is 2.02. The molecule has 0 aliphatic carbocycles. The summed E-state index contributed by atoms with van der Waals surface area (Å²) in [6.07, 6.45) is 5.92. The van der Waals surface area contributed by atoms with Gasteiger partial charge in [0.05, 0.1) is 37.0 Å². The minimum Gasteiger partial charge on any atom is -0.319 e. The molecule has 4 aromatic rings. The predicted octanol–water partition coefficient (Wildman–Crippen LogP) is 3.24. The van der Waals surface area contributed by atoms with Gasteiger partial charge in [-0.05, 0) is 31.2 Å². The van der Waals surface area contributed by atoms with Crippen LogP contribution in [0.15, 0.2) is 49.2 Å². The monoisotopic (exact) mass is 409 g/mol. The quantitative estimate of drug-likeness (QED) is 0.563. The van der Waals surface area contributed by atoms with Crippen molar-refractivity contribution in [3.05, 3.63) is 60.7 Å². The molecule has 0 bridgehead atoms. The Hall–Kier alpha value is -3.82. The maximum absolute atomic E-state index is 14.5. The Kier molecular flexibility index (Phi) is 4.19. The van der Waals surface area contributed by atoms with Crippen LogP contribution in [0.4, 0.5) is 19.3 Å². The largest absolute Gasteiger partial charge is 0.322 e. The van der Waals surface area contributed by atoms with Crippen LogP contribution in [0.25, 0.3) is 22.4 Å². The Balaban J connectivity index is 1.45. The minimum atomic E-state index is -0.986. The number of rotatable bonds is 3. The molecule has 3 aromatic heterocycles. The number of nitrogens with one attached hydrogen (secondary N) is 1. The van der Waals surface area contributed by atoms with E-state index in [1.54, 1.807) is 18.7 Å². The number of carbonyl (C=O) groups is 1. The molecule has 1 N–H and O–H groups in total. The lowest BCUT2D eigenvalue weighted by Crippen LogP contribution is -2.53. The maximum atomic E-state index is 14.5. The molecule has 4 heterocycles. The van der Waals surface area contributed by atoms with Gasteiger partial charge >= 0.3 is 6.03 Å². The molecule has 1 aliphatic heterocycles. The highest BCUT2D eigenvalue weighted by atomic mass is 19.1. The van der Waals surface area contributed by atoms with Crippen molar-refractivity contribution in [2.45, 2.75) is 13.1 Å². The highest BCUT2D eigenvalue weighted by Crippen LogP contribution is 2.23. The molecule has 5 rings (SSSR count). The Morgan fingerprint density at radius 1 is 1.20 bits per heavy atom. The van der Waals surface area contributed by atoms with E-state index in [0.29, 0.717) is 11.3 Å². The van der Waals surface area contributed by atoms with Crippen molar-refractivity contribution in [2.75, 3.05) is 18.4 Å². The number of likely N-dealkylation sites (tertiary alicyclic amines) is 1. The van der Waals surface area contributed by atoms with E-state index in [9.17, 15) is 13.6 Å². The second-order valence-electron chi connectivity index (χ2n) is 7.20. The molecule has 0 saturated carbocycles. The second kappa shape index (κ2) is 6.90. The van der Waals surface area contributed by atoms with Crippen LogP contribution < -0.4 is 5.32 Å². The average molecular weight is 409 g/mol.